The predicted octanol–water partition coefficient (Wildman–Crippen LogP) is 2.90. The Balaban J connectivity index is 1.47. The van der Waals surface area contributed by atoms with Crippen LogP contribution in [0.4, 0.5) is 0 Å². The highest BCUT2D eigenvalue weighted by Gasteiger charge is 2.79. The summed E-state index contributed by atoms with van der Waals surface area (Å²) in [4.78, 5) is 27.0. The summed E-state index contributed by atoms with van der Waals surface area (Å²) in [6, 6.07) is 9.35. The molecule has 10 atom stereocenters. The number of benzene rings is 1. The number of ether oxygens (including phenoxy) is 2. The second-order valence-corrected chi connectivity index (χ2v) is 12.5. The van der Waals surface area contributed by atoms with Gasteiger partial charge in [-0.2, -0.15) is 0 Å². The summed E-state index contributed by atoms with van der Waals surface area (Å²) in [5.74, 6) is -2.23. The molecule has 3 N–H and O–H groups in total. The molecule has 7 nitrogen and oxygen atoms in total. The number of hydrogen-bond acceptors (Lipinski definition) is 7. The van der Waals surface area contributed by atoms with Gasteiger partial charge in [-0.05, 0) is 43.7 Å². The fourth-order valence-electron chi connectivity index (χ4n) is 7.53. The number of fused-ring (bicyclic) bond motifs is 4. The molecule has 4 fully saturated rings. The van der Waals surface area contributed by atoms with E-state index in [4.69, 9.17) is 9.47 Å². The Labute approximate surface area is 212 Å². The first-order valence-electron chi connectivity index (χ1n) is 13.0. The van der Waals surface area contributed by atoms with Gasteiger partial charge in [-0.3, -0.25) is 4.79 Å². The largest absolute Gasteiger partial charge is 0.458 e. The van der Waals surface area contributed by atoms with E-state index in [-0.39, 0.29) is 24.2 Å². The number of carbonyl (C=O) groups excluding carboxylic acids is 2. The molecule has 5 rings (SSSR count). The van der Waals surface area contributed by atoms with Crippen LogP contribution in [0.3, 0.4) is 0 Å². The minimum Gasteiger partial charge on any atom is -0.458 e. The van der Waals surface area contributed by atoms with Gasteiger partial charge in [0.05, 0.1) is 35.7 Å². The Morgan fingerprint density at radius 1 is 1.11 bits per heavy atom. The van der Waals surface area contributed by atoms with Gasteiger partial charge in [0.1, 0.15) is 11.7 Å². The van der Waals surface area contributed by atoms with Gasteiger partial charge in [-0.1, -0.05) is 58.0 Å². The smallest absolute Gasteiger partial charge is 0.331 e. The molecule has 1 aromatic carbocycles. The molecule has 0 radical (unpaired) electrons. The second-order valence-electron chi connectivity index (χ2n) is 12.5. The molecular weight excluding hydrogens is 460 g/mol. The van der Waals surface area contributed by atoms with Crippen LogP contribution >= 0.6 is 0 Å². The maximum absolute atomic E-state index is 14.3. The average molecular weight is 499 g/mol. The van der Waals surface area contributed by atoms with Crippen molar-refractivity contribution in [1.29, 1.82) is 0 Å². The van der Waals surface area contributed by atoms with E-state index >= 15 is 0 Å². The van der Waals surface area contributed by atoms with Gasteiger partial charge in [0.25, 0.3) is 0 Å². The number of esters is 1. The van der Waals surface area contributed by atoms with Crippen LogP contribution in [0.1, 0.15) is 59.4 Å². The number of aliphatic hydroxyl groups is 3. The Hall–Kier alpha value is -2.06. The Morgan fingerprint density at radius 3 is 2.44 bits per heavy atom. The van der Waals surface area contributed by atoms with Crippen molar-refractivity contribution in [3.8, 4) is 0 Å². The third-order valence-corrected chi connectivity index (χ3v) is 10.2. The van der Waals surface area contributed by atoms with Crippen molar-refractivity contribution >= 4 is 17.8 Å². The fourth-order valence-corrected chi connectivity index (χ4v) is 7.53. The number of carbonyl (C=O) groups is 2. The maximum Gasteiger partial charge on any atom is 0.331 e. The van der Waals surface area contributed by atoms with Crippen molar-refractivity contribution in [3.63, 3.8) is 0 Å². The lowest BCUT2D eigenvalue weighted by atomic mass is 9.45. The highest BCUT2D eigenvalue weighted by molar-refractivity contribution is 5.96. The quantitative estimate of drug-likeness (QED) is 0.333. The molecule has 7 heteroatoms. The summed E-state index contributed by atoms with van der Waals surface area (Å²) in [5, 5.41) is 34.7. The van der Waals surface area contributed by atoms with E-state index in [9.17, 15) is 24.9 Å². The molecule has 1 saturated heterocycles. The number of aliphatic hydroxyl groups excluding tert-OH is 2. The van der Waals surface area contributed by atoms with Crippen molar-refractivity contribution in [2.24, 2.45) is 28.1 Å². The van der Waals surface area contributed by atoms with Crippen molar-refractivity contribution in [1.82, 2.24) is 0 Å². The van der Waals surface area contributed by atoms with Crippen LogP contribution in [0.2, 0.25) is 0 Å². The molecule has 0 aromatic heterocycles. The van der Waals surface area contributed by atoms with Gasteiger partial charge in [0.15, 0.2) is 5.78 Å². The molecule has 3 saturated carbocycles. The van der Waals surface area contributed by atoms with Crippen LogP contribution < -0.4 is 0 Å². The zero-order valence-electron chi connectivity index (χ0n) is 21.7. The number of Topliss-reactive ketones (excluding diaryl/α,β-unsaturated/α-hetero) is 1. The van der Waals surface area contributed by atoms with Crippen LogP contribution in [-0.2, 0) is 19.1 Å². The number of hydrogen-bond donors (Lipinski definition) is 3. The minimum atomic E-state index is -1.83. The number of epoxide rings is 1. The molecular formula is C29H38O7. The van der Waals surface area contributed by atoms with Gasteiger partial charge in [-0.15, -0.1) is 0 Å². The summed E-state index contributed by atoms with van der Waals surface area (Å²) >= 11 is 0. The van der Waals surface area contributed by atoms with Crippen LogP contribution in [0.15, 0.2) is 36.4 Å². The van der Waals surface area contributed by atoms with Gasteiger partial charge in [0, 0.05) is 16.9 Å². The fraction of sp³-hybridized carbons (Fsp3) is 0.655. The Morgan fingerprint density at radius 2 is 1.78 bits per heavy atom. The lowest BCUT2D eigenvalue weighted by Gasteiger charge is -2.59. The van der Waals surface area contributed by atoms with E-state index < -0.39 is 58.1 Å². The molecule has 196 valence electrons. The van der Waals surface area contributed by atoms with Crippen LogP contribution in [0.5, 0.6) is 0 Å². The number of rotatable bonds is 3. The zero-order valence-corrected chi connectivity index (χ0v) is 21.7. The number of ketones is 1. The average Bonchev–Trinajstić information content (AvgIpc) is 3.61. The van der Waals surface area contributed by atoms with Gasteiger partial charge >= 0.3 is 5.97 Å². The van der Waals surface area contributed by atoms with Crippen molar-refractivity contribution < 1.29 is 34.4 Å². The Kier molecular flexibility index (Phi) is 5.84. The minimum absolute atomic E-state index is 0.100. The van der Waals surface area contributed by atoms with Crippen molar-refractivity contribution in [2.75, 3.05) is 0 Å². The third-order valence-electron chi connectivity index (χ3n) is 10.2. The topological polar surface area (TPSA) is 117 Å². The normalized spacial score (nSPS) is 47.3. The monoisotopic (exact) mass is 498 g/mol. The summed E-state index contributed by atoms with van der Waals surface area (Å²) in [7, 11) is 0. The van der Waals surface area contributed by atoms with E-state index in [0.29, 0.717) is 12.8 Å². The zero-order chi connectivity index (χ0) is 26.3. The first-order valence-corrected chi connectivity index (χ1v) is 13.0. The van der Waals surface area contributed by atoms with Crippen LogP contribution in [0.25, 0.3) is 6.08 Å². The predicted molar refractivity (Wildman–Crippen MR) is 132 cm³/mol. The summed E-state index contributed by atoms with van der Waals surface area (Å²) < 4.78 is 11.9. The molecule has 1 heterocycles. The van der Waals surface area contributed by atoms with Gasteiger partial charge in [-0.25, -0.2) is 4.79 Å². The van der Waals surface area contributed by atoms with E-state index in [1.807, 2.05) is 58.0 Å². The van der Waals surface area contributed by atoms with E-state index in [0.717, 1.165) is 5.56 Å². The SMILES string of the molecule is C[C@H]1C[C@]2(O)C(=O)[C@@]3(C)C4OC4C(C)(C)[C@@H](O)CC[C@@]3(C)[C@H](O)C2[C@H]1OC(=O)/C=C/c1ccccc1. The van der Waals surface area contributed by atoms with Gasteiger partial charge < -0.3 is 24.8 Å². The molecule has 36 heavy (non-hydrogen) atoms. The van der Waals surface area contributed by atoms with Crippen molar-refractivity contribution in [2.45, 2.75) is 90.0 Å². The van der Waals surface area contributed by atoms with E-state index in [1.54, 1.807) is 13.0 Å². The van der Waals surface area contributed by atoms with Crippen LogP contribution in [-0.4, -0.2) is 63.2 Å². The first-order chi connectivity index (χ1) is 16.8. The van der Waals surface area contributed by atoms with E-state index in [2.05, 4.69) is 0 Å². The standard InChI is InChI=1S/C29H38O7/c1-16-15-29(34)20(21(16)35-19(31)12-11-17-9-7-6-8-10-17)22(32)27(4)14-13-18(30)26(2,3)23-24(36-23)28(27,5)25(29)33/h6-12,16,18,20-24,30,32,34H,13-15H2,1-5H3/b12-11+/t16-,18-,20?,21-,22+,23?,24?,27-,28+,29+/m0/s1. The van der Waals surface area contributed by atoms with Crippen LogP contribution in [0, 0.1) is 28.1 Å². The van der Waals surface area contributed by atoms with Gasteiger partial charge in [0.2, 0.25) is 0 Å². The summed E-state index contributed by atoms with van der Waals surface area (Å²) in [5.41, 5.74) is -3.67. The maximum atomic E-state index is 14.3. The highest BCUT2D eigenvalue weighted by atomic mass is 16.6. The third kappa shape index (κ3) is 3.39. The highest BCUT2D eigenvalue weighted by Crippen LogP contribution is 2.68. The summed E-state index contributed by atoms with van der Waals surface area (Å²) in [6.07, 6.45) is 0.379. The Bertz CT molecular complexity index is 1080. The molecule has 4 aliphatic rings. The lowest BCUT2D eigenvalue weighted by Crippen LogP contribution is -2.72. The van der Waals surface area contributed by atoms with Crippen molar-refractivity contribution in [3.05, 3.63) is 42.0 Å². The second kappa shape index (κ2) is 8.22. The molecule has 0 amide bonds. The summed E-state index contributed by atoms with van der Waals surface area (Å²) in [6.45, 7) is 9.37. The first kappa shape index (κ1) is 25.6. The molecule has 3 aliphatic carbocycles. The molecule has 3 unspecified atom stereocenters. The molecule has 1 aliphatic heterocycles. The lowest BCUT2D eigenvalue weighted by molar-refractivity contribution is -0.220. The van der Waals surface area contributed by atoms with E-state index in [1.165, 1.54) is 6.08 Å². The molecule has 0 spiro atoms. The molecule has 1 aromatic rings. The molecule has 0 bridgehead atoms.